The minimum Gasteiger partial charge on any atom is -0.354 e. The van der Waals surface area contributed by atoms with Crippen molar-refractivity contribution >= 4 is 33.3 Å². The number of amides is 2. The molecule has 2 amide bonds. The van der Waals surface area contributed by atoms with E-state index >= 15 is 0 Å². The summed E-state index contributed by atoms with van der Waals surface area (Å²) in [6.07, 6.45) is 2.13. The van der Waals surface area contributed by atoms with E-state index in [2.05, 4.69) is 5.32 Å². The van der Waals surface area contributed by atoms with Gasteiger partial charge in [0.2, 0.25) is 21.8 Å². The van der Waals surface area contributed by atoms with Gasteiger partial charge < -0.3 is 10.2 Å². The van der Waals surface area contributed by atoms with E-state index in [1.807, 2.05) is 45.0 Å². The van der Waals surface area contributed by atoms with E-state index in [4.69, 9.17) is 0 Å². The SMILES string of the molecule is CCCNC(=O)[C@@H](CC)N(Cc1ccccc1C)C(=O)CN(c1cccc(C(C)=O)c1)S(C)(=O)=O. The van der Waals surface area contributed by atoms with Gasteiger partial charge >= 0.3 is 0 Å². The molecule has 0 aromatic heterocycles. The number of ketones is 1. The van der Waals surface area contributed by atoms with Crippen molar-refractivity contribution in [1.29, 1.82) is 0 Å². The van der Waals surface area contributed by atoms with Gasteiger partial charge in [-0.1, -0.05) is 50.2 Å². The Morgan fingerprint density at radius 2 is 1.71 bits per heavy atom. The molecule has 2 aromatic carbocycles. The van der Waals surface area contributed by atoms with Crippen molar-refractivity contribution in [3.63, 3.8) is 0 Å². The Bertz CT molecular complexity index is 1160. The third-order valence-electron chi connectivity index (χ3n) is 5.76. The molecule has 0 aliphatic rings. The number of sulfonamides is 1. The molecular weight excluding hydrogens is 466 g/mol. The van der Waals surface area contributed by atoms with Gasteiger partial charge in [-0.2, -0.15) is 0 Å². The molecule has 0 saturated heterocycles. The first kappa shape index (κ1) is 28.0. The Labute approximate surface area is 208 Å². The molecule has 1 N–H and O–H groups in total. The van der Waals surface area contributed by atoms with Gasteiger partial charge in [-0.05, 0) is 49.9 Å². The van der Waals surface area contributed by atoms with Gasteiger partial charge in [0.15, 0.2) is 5.78 Å². The number of rotatable bonds is 12. The van der Waals surface area contributed by atoms with E-state index in [0.29, 0.717) is 18.5 Å². The van der Waals surface area contributed by atoms with Gasteiger partial charge in [-0.3, -0.25) is 18.7 Å². The molecule has 2 aromatic rings. The zero-order chi connectivity index (χ0) is 26.2. The third kappa shape index (κ3) is 7.65. The second-order valence-corrected chi connectivity index (χ2v) is 10.4. The van der Waals surface area contributed by atoms with E-state index < -0.39 is 28.5 Å². The van der Waals surface area contributed by atoms with Crippen molar-refractivity contribution in [2.45, 2.75) is 53.1 Å². The second kappa shape index (κ2) is 12.5. The smallest absolute Gasteiger partial charge is 0.244 e. The Balaban J connectivity index is 2.47. The van der Waals surface area contributed by atoms with Crippen LogP contribution in [0.3, 0.4) is 0 Å². The number of anilines is 1. The summed E-state index contributed by atoms with van der Waals surface area (Å²) in [6, 6.07) is 13.0. The summed E-state index contributed by atoms with van der Waals surface area (Å²) in [6.45, 7) is 7.22. The molecule has 0 aliphatic carbocycles. The zero-order valence-electron chi connectivity index (χ0n) is 21.1. The van der Waals surface area contributed by atoms with E-state index in [1.54, 1.807) is 12.1 Å². The standard InChI is InChI=1S/C26H35N3O5S/c1-6-15-27-26(32)24(7-2)28(17-22-12-9-8-11-19(22)3)25(31)18-29(35(5,33)34)23-14-10-13-21(16-23)20(4)30/h8-14,16,24H,6-7,15,17-18H2,1-5H3,(H,27,32)/t24-/m1/s1. The van der Waals surface area contributed by atoms with Crippen molar-refractivity contribution in [3.05, 3.63) is 65.2 Å². The number of hydrogen-bond acceptors (Lipinski definition) is 5. The highest BCUT2D eigenvalue weighted by Crippen LogP contribution is 2.22. The predicted octanol–water partition coefficient (Wildman–Crippen LogP) is 3.30. The Hall–Kier alpha value is -3.20. The number of benzene rings is 2. The fourth-order valence-corrected chi connectivity index (χ4v) is 4.59. The first-order valence-electron chi connectivity index (χ1n) is 11.7. The quantitative estimate of drug-likeness (QED) is 0.450. The molecule has 0 bridgehead atoms. The summed E-state index contributed by atoms with van der Waals surface area (Å²) in [4.78, 5) is 39.9. The minimum absolute atomic E-state index is 0.161. The lowest BCUT2D eigenvalue weighted by Gasteiger charge is -2.33. The fraction of sp³-hybridized carbons (Fsp3) is 0.423. The predicted molar refractivity (Wildman–Crippen MR) is 138 cm³/mol. The molecule has 0 fully saturated rings. The number of hydrogen-bond donors (Lipinski definition) is 1. The summed E-state index contributed by atoms with van der Waals surface area (Å²) < 4.78 is 26.4. The highest BCUT2D eigenvalue weighted by molar-refractivity contribution is 7.92. The molecule has 9 heteroatoms. The van der Waals surface area contributed by atoms with Gasteiger partial charge in [0.1, 0.15) is 12.6 Å². The van der Waals surface area contributed by atoms with Gasteiger partial charge in [0.05, 0.1) is 11.9 Å². The van der Waals surface area contributed by atoms with E-state index in [0.717, 1.165) is 28.1 Å². The van der Waals surface area contributed by atoms with Crippen LogP contribution in [-0.2, 0) is 26.2 Å². The van der Waals surface area contributed by atoms with Gasteiger partial charge in [0, 0.05) is 18.7 Å². The van der Waals surface area contributed by atoms with Crippen LogP contribution in [0.15, 0.2) is 48.5 Å². The molecule has 0 aliphatic heterocycles. The number of Topliss-reactive ketones (excluding diaryl/α,β-unsaturated/α-hetero) is 1. The highest BCUT2D eigenvalue weighted by atomic mass is 32.2. The zero-order valence-corrected chi connectivity index (χ0v) is 21.9. The van der Waals surface area contributed by atoms with Crippen LogP contribution in [0.5, 0.6) is 0 Å². The lowest BCUT2D eigenvalue weighted by molar-refractivity contribution is -0.140. The van der Waals surface area contributed by atoms with E-state index in [9.17, 15) is 22.8 Å². The number of carbonyl (C=O) groups is 3. The average Bonchev–Trinajstić information content (AvgIpc) is 2.81. The van der Waals surface area contributed by atoms with Gasteiger partial charge in [-0.25, -0.2) is 8.42 Å². The van der Waals surface area contributed by atoms with Crippen molar-refractivity contribution in [2.75, 3.05) is 23.7 Å². The highest BCUT2D eigenvalue weighted by Gasteiger charge is 2.32. The monoisotopic (exact) mass is 501 g/mol. The van der Waals surface area contributed by atoms with E-state index in [1.165, 1.54) is 24.0 Å². The molecule has 0 unspecified atom stereocenters. The molecule has 2 rings (SSSR count). The fourth-order valence-electron chi connectivity index (χ4n) is 3.75. The summed E-state index contributed by atoms with van der Waals surface area (Å²) in [5.74, 6) is -1.00. The van der Waals surface area contributed by atoms with Crippen LogP contribution >= 0.6 is 0 Å². The number of carbonyl (C=O) groups excluding carboxylic acids is 3. The molecule has 0 spiro atoms. The summed E-state index contributed by atoms with van der Waals surface area (Å²) in [5.41, 5.74) is 2.38. The average molecular weight is 502 g/mol. The van der Waals surface area contributed by atoms with Crippen molar-refractivity contribution in [2.24, 2.45) is 0 Å². The number of nitrogens with one attached hydrogen (secondary N) is 1. The summed E-state index contributed by atoms with van der Waals surface area (Å²) in [5, 5.41) is 2.85. The molecule has 0 saturated carbocycles. The van der Waals surface area contributed by atoms with E-state index in [-0.39, 0.29) is 23.9 Å². The lowest BCUT2D eigenvalue weighted by atomic mass is 10.1. The first-order chi connectivity index (χ1) is 16.5. The maximum atomic E-state index is 13.7. The summed E-state index contributed by atoms with van der Waals surface area (Å²) >= 11 is 0. The van der Waals surface area contributed by atoms with Crippen molar-refractivity contribution in [3.8, 4) is 0 Å². The van der Waals surface area contributed by atoms with Gasteiger partial charge in [-0.15, -0.1) is 0 Å². The van der Waals surface area contributed by atoms with Crippen LogP contribution < -0.4 is 9.62 Å². The first-order valence-corrected chi connectivity index (χ1v) is 13.5. The van der Waals surface area contributed by atoms with Crippen LogP contribution in [0, 0.1) is 6.92 Å². The van der Waals surface area contributed by atoms with Crippen LogP contribution in [0.4, 0.5) is 5.69 Å². The third-order valence-corrected chi connectivity index (χ3v) is 6.90. The van der Waals surface area contributed by atoms with Crippen LogP contribution in [0.1, 0.15) is 55.1 Å². The van der Waals surface area contributed by atoms with Crippen LogP contribution in [-0.4, -0.2) is 56.3 Å². The Morgan fingerprint density at radius 3 is 2.29 bits per heavy atom. The second-order valence-electron chi connectivity index (χ2n) is 8.54. The van der Waals surface area contributed by atoms with Gasteiger partial charge in [0.25, 0.3) is 0 Å². The maximum absolute atomic E-state index is 13.7. The number of nitrogens with zero attached hydrogens (tertiary/aromatic N) is 2. The van der Waals surface area contributed by atoms with Crippen molar-refractivity contribution in [1.82, 2.24) is 10.2 Å². The topological polar surface area (TPSA) is 104 Å². The lowest BCUT2D eigenvalue weighted by Crippen LogP contribution is -2.52. The molecule has 1 atom stereocenters. The largest absolute Gasteiger partial charge is 0.354 e. The summed E-state index contributed by atoms with van der Waals surface area (Å²) in [7, 11) is -3.86. The molecule has 0 heterocycles. The molecule has 8 nitrogen and oxygen atoms in total. The Morgan fingerprint density at radius 1 is 1.03 bits per heavy atom. The van der Waals surface area contributed by atoms with Crippen LogP contribution in [0.2, 0.25) is 0 Å². The minimum atomic E-state index is -3.86. The van der Waals surface area contributed by atoms with Crippen LogP contribution in [0.25, 0.3) is 0 Å². The molecular formula is C26H35N3O5S. The molecule has 35 heavy (non-hydrogen) atoms. The van der Waals surface area contributed by atoms with Crippen molar-refractivity contribution < 1.29 is 22.8 Å². The molecule has 190 valence electrons. The number of aryl methyl sites for hydroxylation is 1. The maximum Gasteiger partial charge on any atom is 0.244 e. The molecule has 0 radical (unpaired) electrons. The Kier molecular flexibility index (Phi) is 10.0. The normalized spacial score (nSPS) is 12.0.